The lowest BCUT2D eigenvalue weighted by Crippen LogP contribution is -2.40. The summed E-state index contributed by atoms with van der Waals surface area (Å²) in [5.41, 5.74) is 3.18. The number of para-hydroxylation sites is 1. The number of rotatable bonds is 4. The number of anilines is 1. The van der Waals surface area contributed by atoms with E-state index in [0.29, 0.717) is 27.7 Å². The zero-order valence-electron chi connectivity index (χ0n) is 17.2. The number of fused-ring (bicyclic) bond motifs is 1. The van der Waals surface area contributed by atoms with Crippen LogP contribution in [0.1, 0.15) is 33.9 Å². The smallest absolute Gasteiger partial charge is 0.295 e. The van der Waals surface area contributed by atoms with Gasteiger partial charge in [0, 0.05) is 16.5 Å². The van der Waals surface area contributed by atoms with Gasteiger partial charge in [0.05, 0.1) is 23.0 Å². The topological polar surface area (TPSA) is 70.1 Å². The minimum Gasteiger partial charge on any atom is -0.295 e. The van der Waals surface area contributed by atoms with Crippen LogP contribution < -0.4 is 4.90 Å². The number of halogens is 2. The summed E-state index contributed by atoms with van der Waals surface area (Å²) < 4.78 is 0. The monoisotopic (exact) mass is 477 g/mol. The lowest BCUT2D eigenvalue weighted by Gasteiger charge is -2.24. The molecule has 0 fully saturated rings. The molecular formula is C25H17Cl2N3O3. The molecule has 1 atom stereocenters. The molecule has 2 heterocycles. The van der Waals surface area contributed by atoms with Crippen LogP contribution in [0.4, 0.5) is 5.69 Å². The summed E-state index contributed by atoms with van der Waals surface area (Å²) in [5.74, 6) is -1.72. The fraction of sp³-hybridized carbons (Fsp3) is 0.120. The average molecular weight is 478 g/mol. The lowest BCUT2D eigenvalue weighted by molar-refractivity contribution is -0.132. The predicted octanol–water partition coefficient (Wildman–Crippen LogP) is 4.90. The maximum Gasteiger partial charge on any atom is 0.299 e. The van der Waals surface area contributed by atoms with Crippen molar-refractivity contribution in [2.75, 3.05) is 11.4 Å². The Morgan fingerprint density at radius 3 is 2.24 bits per heavy atom. The molecule has 6 nitrogen and oxygen atoms in total. The standard InChI is InChI=1S/C25H17Cl2N3O3/c26-17-9-5-15(6-10-17)20-13-22(16-7-11-18(27)12-8-16)30(28-20)23(31)14-29-21-4-2-1-3-19(21)24(32)25(29)33/h1-12,22H,13-14H2. The molecule has 3 aromatic carbocycles. The summed E-state index contributed by atoms with van der Waals surface area (Å²) in [6.45, 7) is -0.289. The van der Waals surface area contributed by atoms with Gasteiger partial charge in [0.2, 0.25) is 0 Å². The van der Waals surface area contributed by atoms with E-state index in [1.165, 1.54) is 9.91 Å². The van der Waals surface area contributed by atoms with E-state index in [4.69, 9.17) is 23.2 Å². The summed E-state index contributed by atoms with van der Waals surface area (Å²) in [4.78, 5) is 39.5. The van der Waals surface area contributed by atoms with E-state index in [2.05, 4.69) is 5.10 Å². The normalized spacial score (nSPS) is 17.4. The van der Waals surface area contributed by atoms with Crippen LogP contribution in [0.2, 0.25) is 10.0 Å². The fourth-order valence-electron chi connectivity index (χ4n) is 4.11. The number of hydrazone groups is 1. The van der Waals surface area contributed by atoms with Crippen LogP contribution in [0.5, 0.6) is 0 Å². The molecule has 8 heteroatoms. The minimum atomic E-state index is -0.714. The zero-order valence-corrected chi connectivity index (χ0v) is 18.8. The van der Waals surface area contributed by atoms with Gasteiger partial charge in [0.25, 0.3) is 17.6 Å². The third-order valence-electron chi connectivity index (χ3n) is 5.77. The Balaban J connectivity index is 1.47. The van der Waals surface area contributed by atoms with Crippen molar-refractivity contribution in [3.8, 4) is 0 Å². The molecule has 2 aliphatic rings. The molecule has 2 amide bonds. The van der Waals surface area contributed by atoms with Gasteiger partial charge < -0.3 is 0 Å². The van der Waals surface area contributed by atoms with E-state index in [1.54, 1.807) is 48.5 Å². The number of nitrogens with zero attached hydrogens (tertiary/aromatic N) is 3. The summed E-state index contributed by atoms with van der Waals surface area (Å²) in [6.07, 6.45) is 0.485. The van der Waals surface area contributed by atoms with Crippen molar-refractivity contribution in [1.29, 1.82) is 0 Å². The Bertz CT molecular complexity index is 1300. The van der Waals surface area contributed by atoms with E-state index >= 15 is 0 Å². The third kappa shape index (κ3) is 3.92. The molecule has 3 aromatic rings. The second-order valence-electron chi connectivity index (χ2n) is 7.80. The first-order chi connectivity index (χ1) is 15.9. The van der Waals surface area contributed by atoms with Gasteiger partial charge in [-0.05, 0) is 47.5 Å². The van der Waals surface area contributed by atoms with Gasteiger partial charge in [-0.15, -0.1) is 0 Å². The van der Waals surface area contributed by atoms with Crippen LogP contribution in [0.3, 0.4) is 0 Å². The van der Waals surface area contributed by atoms with Crippen LogP contribution in [-0.4, -0.2) is 34.9 Å². The third-order valence-corrected chi connectivity index (χ3v) is 6.27. The summed E-state index contributed by atoms with van der Waals surface area (Å²) in [7, 11) is 0. The number of ketones is 1. The van der Waals surface area contributed by atoms with Gasteiger partial charge in [0.15, 0.2) is 0 Å². The quantitative estimate of drug-likeness (QED) is 0.501. The van der Waals surface area contributed by atoms with Crippen molar-refractivity contribution in [2.24, 2.45) is 5.10 Å². The van der Waals surface area contributed by atoms with Crippen molar-refractivity contribution in [1.82, 2.24) is 5.01 Å². The average Bonchev–Trinajstić information content (AvgIpc) is 3.37. The molecule has 0 aromatic heterocycles. The second-order valence-corrected chi connectivity index (χ2v) is 8.67. The molecule has 0 spiro atoms. The van der Waals surface area contributed by atoms with Gasteiger partial charge in [-0.25, -0.2) is 5.01 Å². The number of Topliss-reactive ketones (excluding diaryl/α,β-unsaturated/α-hetero) is 1. The molecule has 2 aliphatic heterocycles. The van der Waals surface area contributed by atoms with Crippen molar-refractivity contribution in [2.45, 2.75) is 12.5 Å². The second kappa shape index (κ2) is 8.46. The Kier molecular flexibility index (Phi) is 5.48. The SMILES string of the molecule is O=C1C(=O)N(CC(=O)N2N=C(c3ccc(Cl)cc3)CC2c2ccc(Cl)cc2)c2ccccc21. The van der Waals surface area contributed by atoms with Crippen LogP contribution in [0.25, 0.3) is 0 Å². The molecule has 0 bridgehead atoms. The highest BCUT2D eigenvalue weighted by Crippen LogP contribution is 2.35. The van der Waals surface area contributed by atoms with Crippen molar-refractivity contribution >= 4 is 52.2 Å². The van der Waals surface area contributed by atoms with Crippen LogP contribution in [0.15, 0.2) is 77.9 Å². The van der Waals surface area contributed by atoms with Gasteiger partial charge >= 0.3 is 0 Å². The van der Waals surface area contributed by atoms with Gasteiger partial charge in [-0.3, -0.25) is 19.3 Å². The predicted molar refractivity (Wildman–Crippen MR) is 127 cm³/mol. The molecule has 0 N–H and O–H groups in total. The lowest BCUT2D eigenvalue weighted by atomic mass is 9.98. The summed E-state index contributed by atoms with van der Waals surface area (Å²) >= 11 is 12.1. The van der Waals surface area contributed by atoms with E-state index in [0.717, 1.165) is 16.8 Å². The van der Waals surface area contributed by atoms with Gasteiger partial charge in [-0.2, -0.15) is 5.10 Å². The number of benzene rings is 3. The Hall–Kier alpha value is -3.48. The molecule has 1 unspecified atom stereocenters. The largest absolute Gasteiger partial charge is 0.299 e. The zero-order chi connectivity index (χ0) is 23.1. The van der Waals surface area contributed by atoms with E-state index in [1.807, 2.05) is 24.3 Å². The molecule has 33 heavy (non-hydrogen) atoms. The van der Waals surface area contributed by atoms with Crippen LogP contribution >= 0.6 is 23.2 Å². The Morgan fingerprint density at radius 2 is 1.55 bits per heavy atom. The maximum absolute atomic E-state index is 13.4. The highest BCUT2D eigenvalue weighted by atomic mass is 35.5. The number of hydrogen-bond donors (Lipinski definition) is 0. The highest BCUT2D eigenvalue weighted by Gasteiger charge is 2.39. The van der Waals surface area contributed by atoms with Gasteiger partial charge in [0.1, 0.15) is 6.54 Å². The minimum absolute atomic E-state index is 0.289. The first kappa shape index (κ1) is 21.4. The molecule has 0 radical (unpaired) electrons. The van der Waals surface area contributed by atoms with E-state index in [9.17, 15) is 14.4 Å². The molecule has 0 saturated heterocycles. The molecule has 5 rings (SSSR count). The van der Waals surface area contributed by atoms with Crippen molar-refractivity contribution < 1.29 is 14.4 Å². The molecular weight excluding hydrogens is 461 g/mol. The van der Waals surface area contributed by atoms with Crippen LogP contribution in [-0.2, 0) is 9.59 Å². The summed E-state index contributed by atoms with van der Waals surface area (Å²) in [6, 6.07) is 20.8. The number of carbonyl (C=O) groups is 3. The Labute approximate surface area is 200 Å². The van der Waals surface area contributed by atoms with Crippen molar-refractivity contribution in [3.05, 3.63) is 99.5 Å². The fourth-order valence-corrected chi connectivity index (χ4v) is 4.37. The van der Waals surface area contributed by atoms with Gasteiger partial charge in [-0.1, -0.05) is 59.6 Å². The number of hydrogen-bond acceptors (Lipinski definition) is 4. The maximum atomic E-state index is 13.4. The molecule has 0 aliphatic carbocycles. The first-order valence-electron chi connectivity index (χ1n) is 10.3. The first-order valence-corrected chi connectivity index (χ1v) is 11.0. The number of amides is 2. The van der Waals surface area contributed by atoms with E-state index < -0.39 is 17.6 Å². The Morgan fingerprint density at radius 1 is 0.909 bits per heavy atom. The highest BCUT2D eigenvalue weighted by molar-refractivity contribution is 6.52. The molecule has 164 valence electrons. The van der Waals surface area contributed by atoms with Crippen molar-refractivity contribution in [3.63, 3.8) is 0 Å². The summed E-state index contributed by atoms with van der Waals surface area (Å²) in [5, 5.41) is 7.20. The van der Waals surface area contributed by atoms with Crippen LogP contribution in [0, 0.1) is 0 Å². The number of carbonyl (C=O) groups excluding carboxylic acids is 3. The molecule has 0 saturated carbocycles. The van der Waals surface area contributed by atoms with E-state index in [-0.39, 0.29) is 12.6 Å².